The molecule has 0 unspecified atom stereocenters. The van der Waals surface area contributed by atoms with E-state index in [1.54, 1.807) is 11.7 Å². The maximum absolute atomic E-state index is 11.6. The molecule has 0 radical (unpaired) electrons. The molecule has 2 heterocycles. The van der Waals surface area contributed by atoms with Gasteiger partial charge in [0.1, 0.15) is 0 Å². The normalized spacial score (nSPS) is 18.4. The van der Waals surface area contributed by atoms with Crippen LogP contribution in [0.4, 0.5) is 0 Å². The first kappa shape index (κ1) is 15.2. The van der Waals surface area contributed by atoms with E-state index in [0.717, 1.165) is 13.0 Å². The van der Waals surface area contributed by atoms with Crippen LogP contribution >= 0.6 is 24.2 Å². The molecule has 1 aromatic rings. The molecule has 0 bridgehead atoms. The molecule has 0 spiro atoms. The van der Waals surface area contributed by atoms with E-state index in [1.807, 2.05) is 0 Å². The van der Waals surface area contributed by atoms with Crippen molar-refractivity contribution < 1.29 is 4.79 Å². The number of rotatable bonds is 5. The van der Waals surface area contributed by atoms with Gasteiger partial charge in [-0.15, -0.1) is 17.5 Å². The minimum absolute atomic E-state index is 0. The molecule has 1 saturated heterocycles. The summed E-state index contributed by atoms with van der Waals surface area (Å²) in [6.45, 7) is 1.76. The largest absolute Gasteiger partial charge is 0.354 e. The number of nitrogens with zero attached hydrogens (tertiary/aromatic N) is 4. The quantitative estimate of drug-likeness (QED) is 0.718. The number of carbonyl (C=O) groups excluding carboxylic acids is 1. The molecule has 1 aliphatic rings. The number of amides is 1. The zero-order valence-electron chi connectivity index (χ0n) is 10.1. The molecule has 1 fully saturated rings. The summed E-state index contributed by atoms with van der Waals surface area (Å²) in [4.78, 5) is 11.6. The van der Waals surface area contributed by atoms with Crippen LogP contribution in [-0.4, -0.2) is 51.0 Å². The van der Waals surface area contributed by atoms with Crippen LogP contribution in [0.1, 0.15) is 12.8 Å². The van der Waals surface area contributed by atoms with Gasteiger partial charge in [-0.1, -0.05) is 11.8 Å². The second kappa shape index (κ2) is 7.55. The Labute approximate surface area is 116 Å². The third-order valence-electron chi connectivity index (χ3n) is 2.62. The molecule has 0 aliphatic carbocycles. The minimum Gasteiger partial charge on any atom is -0.354 e. The Morgan fingerprint density at radius 2 is 2.50 bits per heavy atom. The van der Waals surface area contributed by atoms with Crippen LogP contribution in [0.5, 0.6) is 0 Å². The molecule has 2 rings (SSSR count). The van der Waals surface area contributed by atoms with Crippen molar-refractivity contribution in [2.24, 2.45) is 7.05 Å². The van der Waals surface area contributed by atoms with Crippen LogP contribution in [0.25, 0.3) is 0 Å². The van der Waals surface area contributed by atoms with Gasteiger partial charge in [0.05, 0.1) is 5.75 Å². The number of thioether (sulfide) groups is 1. The lowest BCUT2D eigenvalue weighted by molar-refractivity contribution is -0.118. The highest BCUT2D eigenvalue weighted by atomic mass is 35.5. The van der Waals surface area contributed by atoms with Gasteiger partial charge in [-0.05, 0) is 29.8 Å². The molecule has 18 heavy (non-hydrogen) atoms. The number of hydrogen-bond donors (Lipinski definition) is 2. The van der Waals surface area contributed by atoms with E-state index in [2.05, 4.69) is 26.2 Å². The molecule has 1 aromatic heterocycles. The predicted molar refractivity (Wildman–Crippen MR) is 70.8 cm³/mol. The molecular weight excluding hydrogens is 276 g/mol. The van der Waals surface area contributed by atoms with Gasteiger partial charge in [-0.25, -0.2) is 4.68 Å². The van der Waals surface area contributed by atoms with Crippen molar-refractivity contribution in [2.75, 3.05) is 18.8 Å². The van der Waals surface area contributed by atoms with Gasteiger partial charge in [-0.2, -0.15) is 0 Å². The summed E-state index contributed by atoms with van der Waals surface area (Å²) >= 11 is 1.34. The lowest BCUT2D eigenvalue weighted by Gasteiger charge is -2.10. The first-order valence-corrected chi connectivity index (χ1v) is 6.59. The Balaban J connectivity index is 0.00000162. The van der Waals surface area contributed by atoms with Crippen molar-refractivity contribution in [3.8, 4) is 0 Å². The Morgan fingerprint density at radius 3 is 3.11 bits per heavy atom. The summed E-state index contributed by atoms with van der Waals surface area (Å²) in [5, 5.41) is 17.9. The van der Waals surface area contributed by atoms with Gasteiger partial charge in [-0.3, -0.25) is 4.79 Å². The molecule has 9 heteroatoms. The number of carbonyl (C=O) groups is 1. The number of aryl methyl sites for hydroxylation is 1. The number of aromatic nitrogens is 4. The number of halogens is 1. The van der Waals surface area contributed by atoms with Crippen molar-refractivity contribution in [2.45, 2.75) is 24.0 Å². The predicted octanol–water partition coefficient (Wildman–Crippen LogP) is -0.408. The summed E-state index contributed by atoms with van der Waals surface area (Å²) in [6, 6.07) is 0.431. The van der Waals surface area contributed by atoms with Crippen molar-refractivity contribution in [1.29, 1.82) is 0 Å². The standard InChI is InChI=1S/C9H16N6OS.ClH/c1-15-9(12-13-14-15)17-6-8(16)11-5-7-3-2-4-10-7;/h7,10H,2-6H2,1H3,(H,11,16);1H/t7-;/m0./s1. The number of hydrogen-bond acceptors (Lipinski definition) is 6. The van der Waals surface area contributed by atoms with Gasteiger partial charge in [0.25, 0.3) is 0 Å². The van der Waals surface area contributed by atoms with E-state index in [0.29, 0.717) is 23.5 Å². The van der Waals surface area contributed by atoms with Crippen LogP contribution in [-0.2, 0) is 11.8 Å². The smallest absolute Gasteiger partial charge is 0.230 e. The molecule has 2 N–H and O–H groups in total. The molecule has 102 valence electrons. The molecule has 0 aromatic carbocycles. The van der Waals surface area contributed by atoms with Gasteiger partial charge < -0.3 is 10.6 Å². The lowest BCUT2D eigenvalue weighted by Crippen LogP contribution is -2.37. The zero-order valence-corrected chi connectivity index (χ0v) is 11.8. The van der Waals surface area contributed by atoms with E-state index in [1.165, 1.54) is 18.2 Å². The molecule has 1 amide bonds. The minimum atomic E-state index is 0. The Morgan fingerprint density at radius 1 is 1.67 bits per heavy atom. The third kappa shape index (κ3) is 4.43. The van der Waals surface area contributed by atoms with Crippen molar-refractivity contribution in [1.82, 2.24) is 30.8 Å². The fraction of sp³-hybridized carbons (Fsp3) is 0.778. The van der Waals surface area contributed by atoms with Crippen molar-refractivity contribution >= 4 is 30.1 Å². The maximum Gasteiger partial charge on any atom is 0.230 e. The Hall–Kier alpha value is -0.860. The lowest BCUT2D eigenvalue weighted by atomic mass is 10.2. The van der Waals surface area contributed by atoms with Gasteiger partial charge in [0, 0.05) is 19.6 Å². The summed E-state index contributed by atoms with van der Waals surface area (Å²) in [5.74, 6) is 0.368. The van der Waals surface area contributed by atoms with Gasteiger partial charge in [0.15, 0.2) is 0 Å². The van der Waals surface area contributed by atoms with Crippen LogP contribution in [0.15, 0.2) is 5.16 Å². The second-order valence-electron chi connectivity index (χ2n) is 3.97. The number of nitrogens with one attached hydrogen (secondary N) is 2. The van der Waals surface area contributed by atoms with Crippen LogP contribution in [0.3, 0.4) is 0 Å². The molecule has 1 atom stereocenters. The van der Waals surface area contributed by atoms with E-state index < -0.39 is 0 Å². The second-order valence-corrected chi connectivity index (χ2v) is 4.91. The van der Waals surface area contributed by atoms with E-state index in [-0.39, 0.29) is 18.3 Å². The van der Waals surface area contributed by atoms with E-state index in [4.69, 9.17) is 0 Å². The van der Waals surface area contributed by atoms with Crippen LogP contribution in [0, 0.1) is 0 Å². The zero-order chi connectivity index (χ0) is 12.1. The van der Waals surface area contributed by atoms with Crippen LogP contribution < -0.4 is 10.6 Å². The SMILES string of the molecule is Cl.Cn1nnnc1SCC(=O)NC[C@@H]1CCCN1. The first-order valence-electron chi connectivity index (χ1n) is 5.61. The maximum atomic E-state index is 11.6. The van der Waals surface area contributed by atoms with Crippen molar-refractivity contribution in [3.05, 3.63) is 0 Å². The summed E-state index contributed by atoms with van der Waals surface area (Å²) in [5.41, 5.74) is 0. The summed E-state index contributed by atoms with van der Waals surface area (Å²) in [6.07, 6.45) is 2.33. The summed E-state index contributed by atoms with van der Waals surface area (Å²) < 4.78 is 1.55. The highest BCUT2D eigenvalue weighted by Crippen LogP contribution is 2.11. The highest BCUT2D eigenvalue weighted by Gasteiger charge is 2.15. The molecular formula is C9H17ClN6OS. The van der Waals surface area contributed by atoms with Crippen LogP contribution in [0.2, 0.25) is 0 Å². The van der Waals surface area contributed by atoms with Gasteiger partial charge in [0.2, 0.25) is 11.1 Å². The fourth-order valence-corrected chi connectivity index (χ4v) is 2.37. The molecule has 7 nitrogen and oxygen atoms in total. The average molecular weight is 293 g/mol. The number of tetrazole rings is 1. The van der Waals surface area contributed by atoms with Crippen molar-refractivity contribution in [3.63, 3.8) is 0 Å². The van der Waals surface area contributed by atoms with E-state index in [9.17, 15) is 4.79 Å². The topological polar surface area (TPSA) is 84.7 Å². The Bertz CT molecular complexity index is 381. The fourth-order valence-electron chi connectivity index (χ4n) is 1.69. The Kier molecular flexibility index (Phi) is 6.37. The third-order valence-corrected chi connectivity index (χ3v) is 3.63. The highest BCUT2D eigenvalue weighted by molar-refractivity contribution is 7.99. The molecule has 1 aliphatic heterocycles. The molecule has 0 saturated carbocycles. The monoisotopic (exact) mass is 292 g/mol. The van der Waals surface area contributed by atoms with E-state index >= 15 is 0 Å². The average Bonchev–Trinajstić information content (AvgIpc) is 2.95. The first-order chi connectivity index (χ1) is 8.25. The van der Waals surface area contributed by atoms with Gasteiger partial charge >= 0.3 is 0 Å². The summed E-state index contributed by atoms with van der Waals surface area (Å²) in [7, 11) is 1.75.